The Morgan fingerprint density at radius 1 is 1.08 bits per heavy atom. The summed E-state index contributed by atoms with van der Waals surface area (Å²) in [5.41, 5.74) is 1.77. The average molecular weight is 612 g/mol. The minimum absolute atomic E-state index is 0.00620. The van der Waals surface area contributed by atoms with Crippen molar-refractivity contribution in [2.45, 2.75) is 13.0 Å². The predicted molar refractivity (Wildman–Crippen MR) is 148 cm³/mol. The highest BCUT2D eigenvalue weighted by atomic mass is 127. The second-order valence-corrected chi connectivity index (χ2v) is 10.3. The van der Waals surface area contributed by atoms with Crippen LogP contribution in [0.4, 0.5) is 5.13 Å². The first-order valence-corrected chi connectivity index (χ1v) is 13.0. The number of hydrogen-bond acceptors (Lipinski definition) is 7. The van der Waals surface area contributed by atoms with E-state index in [-0.39, 0.29) is 11.3 Å². The van der Waals surface area contributed by atoms with Crippen LogP contribution in [0.15, 0.2) is 72.3 Å². The van der Waals surface area contributed by atoms with Crippen LogP contribution in [0, 0.1) is 3.57 Å². The van der Waals surface area contributed by atoms with Gasteiger partial charge in [-0.2, -0.15) is 0 Å². The molecule has 3 aromatic carbocycles. The molecule has 0 radical (unpaired) electrons. The first kappa shape index (κ1) is 24.3. The average Bonchev–Trinajstić information content (AvgIpc) is 3.42. The number of aliphatic hydroxyl groups is 1. The Morgan fingerprint density at radius 3 is 2.58 bits per heavy atom. The number of aliphatic hydroxyl groups excluding tert-OH is 1. The Balaban J connectivity index is 1.69. The second kappa shape index (κ2) is 9.90. The van der Waals surface area contributed by atoms with Crippen molar-refractivity contribution in [1.82, 2.24) is 4.98 Å². The van der Waals surface area contributed by atoms with Gasteiger partial charge in [-0.1, -0.05) is 35.6 Å². The monoisotopic (exact) mass is 612 g/mol. The lowest BCUT2D eigenvalue weighted by Crippen LogP contribution is -2.29. The molecule has 1 aliphatic rings. The Morgan fingerprint density at radius 2 is 1.86 bits per heavy atom. The van der Waals surface area contributed by atoms with Gasteiger partial charge in [0.2, 0.25) is 0 Å². The van der Waals surface area contributed by atoms with Crippen LogP contribution in [0.2, 0.25) is 0 Å². The summed E-state index contributed by atoms with van der Waals surface area (Å²) in [6.07, 6.45) is 0. The third-order valence-corrected chi connectivity index (χ3v) is 7.58. The SMILES string of the molecule is CCOc1cccc(/C(O)=C2\C(=O)C(=O)N(c3nc4ccc(OC)cc4s3)C2c2ccc(I)cc2)c1. The van der Waals surface area contributed by atoms with Crippen molar-refractivity contribution in [3.8, 4) is 11.5 Å². The number of thiazole rings is 1. The van der Waals surface area contributed by atoms with Gasteiger partial charge in [0.25, 0.3) is 5.78 Å². The van der Waals surface area contributed by atoms with Gasteiger partial charge in [0.15, 0.2) is 5.13 Å². The van der Waals surface area contributed by atoms with Crippen LogP contribution in [0.25, 0.3) is 16.0 Å². The van der Waals surface area contributed by atoms with E-state index in [4.69, 9.17) is 9.47 Å². The zero-order valence-electron chi connectivity index (χ0n) is 19.4. The highest BCUT2D eigenvalue weighted by Crippen LogP contribution is 2.44. The van der Waals surface area contributed by atoms with Crippen molar-refractivity contribution >= 4 is 66.7 Å². The number of carbonyl (C=O) groups excluding carboxylic acids is 2. The number of hydrogen-bond donors (Lipinski definition) is 1. The van der Waals surface area contributed by atoms with Crippen LogP contribution in [0.3, 0.4) is 0 Å². The number of halogens is 1. The molecule has 1 saturated heterocycles. The number of ketones is 1. The van der Waals surface area contributed by atoms with E-state index in [1.54, 1.807) is 37.4 Å². The molecule has 182 valence electrons. The van der Waals surface area contributed by atoms with E-state index >= 15 is 0 Å². The molecule has 1 amide bonds. The lowest BCUT2D eigenvalue weighted by molar-refractivity contribution is -0.132. The molecule has 9 heteroatoms. The minimum atomic E-state index is -0.847. The predicted octanol–water partition coefficient (Wildman–Crippen LogP) is 5.93. The first-order valence-electron chi connectivity index (χ1n) is 11.2. The van der Waals surface area contributed by atoms with Crippen LogP contribution in [-0.4, -0.2) is 35.5 Å². The van der Waals surface area contributed by atoms with E-state index in [0.717, 1.165) is 8.27 Å². The molecule has 1 atom stereocenters. The van der Waals surface area contributed by atoms with Crippen LogP contribution in [-0.2, 0) is 9.59 Å². The lowest BCUT2D eigenvalue weighted by Gasteiger charge is -2.23. The number of Topliss-reactive ketones (excluding diaryl/α,β-unsaturated/α-hetero) is 1. The van der Waals surface area contributed by atoms with E-state index < -0.39 is 17.7 Å². The summed E-state index contributed by atoms with van der Waals surface area (Å²) in [4.78, 5) is 32.8. The fourth-order valence-electron chi connectivity index (χ4n) is 4.17. The van der Waals surface area contributed by atoms with Crippen molar-refractivity contribution < 1.29 is 24.2 Å². The third-order valence-electron chi connectivity index (χ3n) is 5.84. The molecule has 1 unspecified atom stereocenters. The number of methoxy groups -OCH3 is 1. The standard InChI is InChI=1S/C27H21IN2O5S/c1-3-35-19-6-4-5-16(13-19)24(31)22-23(15-7-9-17(28)10-8-15)30(26(33)25(22)32)27-29-20-12-11-18(34-2)14-21(20)36-27/h4-14,23,31H,3H2,1-2H3/b24-22+. The molecule has 5 rings (SSSR count). The summed E-state index contributed by atoms with van der Waals surface area (Å²) >= 11 is 3.48. The van der Waals surface area contributed by atoms with E-state index in [1.807, 2.05) is 43.3 Å². The maximum Gasteiger partial charge on any atom is 0.301 e. The Labute approximate surface area is 225 Å². The normalized spacial score (nSPS) is 17.1. The molecular formula is C27H21IN2O5S. The number of carbonyl (C=O) groups is 2. The summed E-state index contributed by atoms with van der Waals surface area (Å²) in [6, 6.07) is 18.9. The molecule has 1 N–H and O–H groups in total. The first-order chi connectivity index (χ1) is 17.4. The smallest absolute Gasteiger partial charge is 0.301 e. The van der Waals surface area contributed by atoms with Crippen LogP contribution < -0.4 is 14.4 Å². The zero-order chi connectivity index (χ0) is 25.4. The number of nitrogens with zero attached hydrogens (tertiary/aromatic N) is 2. The molecule has 1 aliphatic heterocycles. The Kier molecular flexibility index (Phi) is 6.67. The van der Waals surface area contributed by atoms with E-state index in [2.05, 4.69) is 27.6 Å². The Bertz CT molecular complexity index is 1510. The van der Waals surface area contributed by atoms with Crippen LogP contribution in [0.5, 0.6) is 11.5 Å². The molecule has 7 nitrogen and oxygen atoms in total. The quantitative estimate of drug-likeness (QED) is 0.126. The summed E-state index contributed by atoms with van der Waals surface area (Å²) in [5, 5.41) is 11.7. The molecule has 1 aromatic heterocycles. The summed E-state index contributed by atoms with van der Waals surface area (Å²) in [7, 11) is 1.58. The van der Waals surface area contributed by atoms with E-state index in [9.17, 15) is 14.7 Å². The largest absolute Gasteiger partial charge is 0.507 e. The topological polar surface area (TPSA) is 89.0 Å². The van der Waals surface area contributed by atoms with Gasteiger partial charge < -0.3 is 14.6 Å². The minimum Gasteiger partial charge on any atom is -0.507 e. The molecule has 2 heterocycles. The van der Waals surface area contributed by atoms with Gasteiger partial charge >= 0.3 is 5.91 Å². The number of anilines is 1. The maximum absolute atomic E-state index is 13.4. The summed E-state index contributed by atoms with van der Waals surface area (Å²) in [6.45, 7) is 2.32. The molecular weight excluding hydrogens is 591 g/mol. The van der Waals surface area contributed by atoms with Gasteiger partial charge in [-0.25, -0.2) is 4.98 Å². The van der Waals surface area contributed by atoms with Gasteiger partial charge in [-0.3, -0.25) is 14.5 Å². The van der Waals surface area contributed by atoms with Gasteiger partial charge in [-0.15, -0.1) is 0 Å². The van der Waals surface area contributed by atoms with Crippen LogP contribution >= 0.6 is 33.9 Å². The van der Waals surface area contributed by atoms with Crippen molar-refractivity contribution in [2.75, 3.05) is 18.6 Å². The summed E-state index contributed by atoms with van der Waals surface area (Å²) in [5.74, 6) is -0.546. The molecule has 4 aromatic rings. The van der Waals surface area contributed by atoms with Gasteiger partial charge in [0.05, 0.1) is 35.5 Å². The molecule has 0 spiro atoms. The number of amides is 1. The van der Waals surface area contributed by atoms with Crippen molar-refractivity contribution in [1.29, 1.82) is 0 Å². The van der Waals surface area contributed by atoms with Gasteiger partial charge in [0.1, 0.15) is 17.3 Å². The van der Waals surface area contributed by atoms with Crippen molar-refractivity contribution in [2.24, 2.45) is 0 Å². The Hall–Kier alpha value is -3.44. The fraction of sp³-hybridized carbons (Fsp3) is 0.148. The molecule has 0 saturated carbocycles. The second-order valence-electron chi connectivity index (χ2n) is 8.01. The molecule has 1 fully saturated rings. The van der Waals surface area contributed by atoms with Crippen LogP contribution in [0.1, 0.15) is 24.1 Å². The third kappa shape index (κ3) is 4.33. The van der Waals surface area contributed by atoms with Crippen molar-refractivity contribution in [3.05, 3.63) is 87.0 Å². The summed E-state index contributed by atoms with van der Waals surface area (Å²) < 4.78 is 12.7. The van der Waals surface area contributed by atoms with E-state index in [0.29, 0.717) is 39.9 Å². The van der Waals surface area contributed by atoms with E-state index in [1.165, 1.54) is 16.2 Å². The number of ether oxygens (including phenoxy) is 2. The van der Waals surface area contributed by atoms with Gasteiger partial charge in [-0.05, 0) is 77.5 Å². The highest BCUT2D eigenvalue weighted by molar-refractivity contribution is 14.1. The highest BCUT2D eigenvalue weighted by Gasteiger charge is 2.48. The maximum atomic E-state index is 13.4. The number of aromatic nitrogens is 1. The van der Waals surface area contributed by atoms with Crippen molar-refractivity contribution in [3.63, 3.8) is 0 Å². The number of fused-ring (bicyclic) bond motifs is 1. The zero-order valence-corrected chi connectivity index (χ0v) is 22.4. The number of benzene rings is 3. The molecule has 0 aliphatic carbocycles. The molecule has 0 bridgehead atoms. The molecule has 36 heavy (non-hydrogen) atoms. The number of rotatable bonds is 6. The van der Waals surface area contributed by atoms with Gasteiger partial charge in [0, 0.05) is 9.13 Å². The fourth-order valence-corrected chi connectivity index (χ4v) is 5.55. The lowest BCUT2D eigenvalue weighted by atomic mass is 9.95.